The summed E-state index contributed by atoms with van der Waals surface area (Å²) in [5.41, 5.74) is 0.843. The van der Waals surface area contributed by atoms with Crippen LogP contribution in [0.3, 0.4) is 0 Å². The van der Waals surface area contributed by atoms with E-state index in [1.165, 1.54) is 24.6 Å². The molecule has 0 saturated heterocycles. The zero-order chi connectivity index (χ0) is 23.5. The van der Waals surface area contributed by atoms with Gasteiger partial charge in [0.05, 0.1) is 6.10 Å². The van der Waals surface area contributed by atoms with E-state index in [9.17, 15) is 4.79 Å². The minimum Gasteiger partial charge on any atom is -0.378 e. The van der Waals surface area contributed by atoms with Gasteiger partial charge in [0.25, 0.3) is 0 Å². The molecule has 180 valence electrons. The molecule has 5 heteroatoms. The van der Waals surface area contributed by atoms with Crippen molar-refractivity contribution < 1.29 is 9.53 Å². The highest BCUT2D eigenvalue weighted by atomic mass is 16.5. The van der Waals surface area contributed by atoms with E-state index in [4.69, 9.17) is 4.74 Å². The summed E-state index contributed by atoms with van der Waals surface area (Å²) in [4.78, 5) is 17.0. The summed E-state index contributed by atoms with van der Waals surface area (Å²) in [5, 5.41) is 5.38. The summed E-state index contributed by atoms with van der Waals surface area (Å²) in [6, 6.07) is 14.5. The van der Waals surface area contributed by atoms with Crippen molar-refractivity contribution in [3.8, 4) is 0 Å². The molecule has 0 unspecified atom stereocenters. The highest BCUT2D eigenvalue weighted by molar-refractivity contribution is 5.93. The number of amides is 2. The second kappa shape index (κ2) is 13.4. The molecule has 3 rings (SSSR count). The number of fused-ring (bicyclic) bond motifs is 1. The number of nitrogens with one attached hydrogen (secondary N) is 1. The van der Waals surface area contributed by atoms with E-state index in [1.807, 2.05) is 42.3 Å². The number of hydrogen-bond donors (Lipinski definition) is 1. The molecule has 1 N–H and O–H groups in total. The smallest absolute Gasteiger partial charge is 0.321 e. The van der Waals surface area contributed by atoms with Gasteiger partial charge in [-0.15, -0.1) is 6.58 Å². The van der Waals surface area contributed by atoms with E-state index >= 15 is 0 Å². The zero-order valence-corrected chi connectivity index (χ0v) is 20.5. The lowest BCUT2D eigenvalue weighted by Crippen LogP contribution is -2.42. The maximum absolute atomic E-state index is 12.8. The topological polar surface area (TPSA) is 44.8 Å². The Balaban J connectivity index is 1.30. The van der Waals surface area contributed by atoms with Crippen LogP contribution in [0, 0.1) is 0 Å². The number of rotatable bonds is 12. The molecule has 1 fully saturated rings. The minimum absolute atomic E-state index is 0.0339. The normalized spacial score (nSPS) is 18.4. The lowest BCUT2D eigenvalue weighted by Gasteiger charge is -2.34. The predicted octanol–water partition coefficient (Wildman–Crippen LogP) is 6.31. The number of anilines is 1. The number of carbonyl (C=O) groups is 1. The summed E-state index contributed by atoms with van der Waals surface area (Å²) >= 11 is 0. The van der Waals surface area contributed by atoms with Gasteiger partial charge in [0.2, 0.25) is 0 Å². The average Bonchev–Trinajstić information content (AvgIpc) is 2.83. The molecule has 2 aromatic rings. The van der Waals surface area contributed by atoms with Crippen molar-refractivity contribution in [3.63, 3.8) is 0 Å². The van der Waals surface area contributed by atoms with Crippen molar-refractivity contribution in [2.45, 2.75) is 63.5 Å². The first kappa shape index (κ1) is 25.3. The molecular formula is C28H41N3O2. The number of likely N-dealkylation sites (N-methyl/N-ethyl adjacent to an activating group) is 1. The van der Waals surface area contributed by atoms with E-state index in [0.717, 1.165) is 62.9 Å². The highest BCUT2D eigenvalue weighted by Gasteiger charge is 2.27. The van der Waals surface area contributed by atoms with Gasteiger partial charge in [-0.05, 0) is 75.0 Å². The van der Waals surface area contributed by atoms with E-state index in [-0.39, 0.29) is 12.1 Å². The van der Waals surface area contributed by atoms with Gasteiger partial charge in [-0.3, -0.25) is 0 Å². The SMILES string of the molecule is C=CCN(C)CCCCCCOC1CCC(N(C)C(=O)Nc2ccc3ccccc3c2)CC1. The van der Waals surface area contributed by atoms with Gasteiger partial charge in [0.15, 0.2) is 0 Å². The third-order valence-electron chi connectivity index (χ3n) is 6.74. The Morgan fingerprint density at radius 3 is 2.52 bits per heavy atom. The van der Waals surface area contributed by atoms with Crippen LogP contribution >= 0.6 is 0 Å². The molecule has 0 bridgehead atoms. The minimum atomic E-state index is -0.0339. The van der Waals surface area contributed by atoms with Crippen LogP contribution in [0.5, 0.6) is 0 Å². The monoisotopic (exact) mass is 451 g/mol. The summed E-state index contributed by atoms with van der Waals surface area (Å²) in [5.74, 6) is 0. The van der Waals surface area contributed by atoms with Crippen LogP contribution in [-0.2, 0) is 4.74 Å². The van der Waals surface area contributed by atoms with Crippen molar-refractivity contribution in [3.05, 3.63) is 55.1 Å². The molecule has 0 radical (unpaired) electrons. The average molecular weight is 452 g/mol. The first-order chi connectivity index (χ1) is 16.1. The Labute approximate surface area is 199 Å². The third-order valence-corrected chi connectivity index (χ3v) is 6.74. The first-order valence-electron chi connectivity index (χ1n) is 12.5. The lowest BCUT2D eigenvalue weighted by molar-refractivity contribution is 0.0130. The quantitative estimate of drug-likeness (QED) is 0.304. The molecule has 0 aromatic heterocycles. The molecule has 1 aliphatic carbocycles. The third kappa shape index (κ3) is 8.17. The van der Waals surface area contributed by atoms with Crippen LogP contribution in [0.1, 0.15) is 51.4 Å². The van der Waals surface area contributed by atoms with Gasteiger partial charge >= 0.3 is 6.03 Å². The Kier molecular flexibility index (Phi) is 10.2. The van der Waals surface area contributed by atoms with Crippen LogP contribution in [0.2, 0.25) is 0 Å². The molecule has 33 heavy (non-hydrogen) atoms. The molecule has 0 atom stereocenters. The van der Waals surface area contributed by atoms with Gasteiger partial charge in [-0.25, -0.2) is 4.79 Å². The maximum atomic E-state index is 12.8. The predicted molar refractivity (Wildman–Crippen MR) is 139 cm³/mol. The van der Waals surface area contributed by atoms with Gasteiger partial charge in [-0.2, -0.15) is 0 Å². The Morgan fingerprint density at radius 2 is 1.76 bits per heavy atom. The number of carbonyl (C=O) groups excluding carboxylic acids is 1. The van der Waals surface area contributed by atoms with Crippen LogP contribution in [0.4, 0.5) is 10.5 Å². The molecule has 0 spiro atoms. The number of benzene rings is 2. The van der Waals surface area contributed by atoms with Gasteiger partial charge < -0.3 is 19.9 Å². The van der Waals surface area contributed by atoms with Crippen LogP contribution < -0.4 is 5.32 Å². The Morgan fingerprint density at radius 1 is 1.03 bits per heavy atom. The summed E-state index contributed by atoms with van der Waals surface area (Å²) in [6.07, 6.45) is 11.2. The van der Waals surface area contributed by atoms with Gasteiger partial charge in [0.1, 0.15) is 0 Å². The van der Waals surface area contributed by atoms with Gasteiger partial charge in [0, 0.05) is 31.9 Å². The molecule has 2 aromatic carbocycles. The van der Waals surface area contributed by atoms with Gasteiger partial charge in [-0.1, -0.05) is 49.2 Å². The summed E-state index contributed by atoms with van der Waals surface area (Å²) < 4.78 is 6.13. The number of ether oxygens (including phenoxy) is 1. The van der Waals surface area contributed by atoms with Crippen LogP contribution in [-0.4, -0.2) is 61.8 Å². The molecule has 2 amide bonds. The van der Waals surface area contributed by atoms with E-state index < -0.39 is 0 Å². The van der Waals surface area contributed by atoms with Crippen LogP contribution in [0.15, 0.2) is 55.1 Å². The molecule has 5 nitrogen and oxygen atoms in total. The van der Waals surface area contributed by atoms with Crippen molar-refractivity contribution in [1.82, 2.24) is 9.80 Å². The lowest BCUT2D eigenvalue weighted by atomic mass is 9.92. The summed E-state index contributed by atoms with van der Waals surface area (Å²) in [7, 11) is 4.06. The Bertz CT molecular complexity index is 876. The molecule has 1 saturated carbocycles. The first-order valence-corrected chi connectivity index (χ1v) is 12.5. The van der Waals surface area contributed by atoms with E-state index in [0.29, 0.717) is 6.10 Å². The molecule has 0 heterocycles. The van der Waals surface area contributed by atoms with Crippen molar-refractivity contribution >= 4 is 22.5 Å². The number of unbranched alkanes of at least 4 members (excludes halogenated alkanes) is 3. The van der Waals surface area contributed by atoms with Crippen molar-refractivity contribution in [1.29, 1.82) is 0 Å². The van der Waals surface area contributed by atoms with E-state index in [1.54, 1.807) is 0 Å². The van der Waals surface area contributed by atoms with Crippen molar-refractivity contribution in [2.75, 3.05) is 39.1 Å². The maximum Gasteiger partial charge on any atom is 0.321 e. The molecular weight excluding hydrogens is 410 g/mol. The number of nitrogens with zero attached hydrogens (tertiary/aromatic N) is 2. The number of urea groups is 1. The number of hydrogen-bond acceptors (Lipinski definition) is 3. The van der Waals surface area contributed by atoms with Crippen molar-refractivity contribution in [2.24, 2.45) is 0 Å². The van der Waals surface area contributed by atoms with Crippen LogP contribution in [0.25, 0.3) is 10.8 Å². The second-order valence-corrected chi connectivity index (χ2v) is 9.37. The fourth-order valence-electron chi connectivity index (χ4n) is 4.64. The fraction of sp³-hybridized carbons (Fsp3) is 0.536. The molecule has 0 aliphatic heterocycles. The largest absolute Gasteiger partial charge is 0.378 e. The Hall–Kier alpha value is -2.37. The fourth-order valence-corrected chi connectivity index (χ4v) is 4.64. The second-order valence-electron chi connectivity index (χ2n) is 9.37. The molecule has 1 aliphatic rings. The highest BCUT2D eigenvalue weighted by Crippen LogP contribution is 2.26. The standard InChI is InChI=1S/C28H41N3O2/c1-4-19-30(2)20-9-5-6-10-21-33-27-17-15-26(16-18-27)31(3)28(32)29-25-14-13-23-11-7-8-12-24(23)22-25/h4,7-8,11-14,22,26-27H,1,5-6,9-10,15-21H2,2-3H3,(H,29,32). The zero-order valence-electron chi connectivity index (χ0n) is 20.5. The van der Waals surface area contributed by atoms with E-state index in [2.05, 4.69) is 42.0 Å². The summed E-state index contributed by atoms with van der Waals surface area (Å²) in [6.45, 7) is 6.74.